The summed E-state index contributed by atoms with van der Waals surface area (Å²) in [5.74, 6) is -0.703. The fourth-order valence-corrected chi connectivity index (χ4v) is 2.20. The van der Waals surface area contributed by atoms with Gasteiger partial charge in [-0.25, -0.2) is 0 Å². The number of hydrogen-bond donors (Lipinski definition) is 2. The Morgan fingerprint density at radius 1 is 1.11 bits per heavy atom. The molecule has 1 rings (SSSR count). The zero-order valence-electron chi connectivity index (χ0n) is 11.5. The first-order valence-electron chi connectivity index (χ1n) is 7.31. The van der Waals surface area contributed by atoms with Gasteiger partial charge in [0.2, 0.25) is 5.91 Å². The normalized spacial score (nSPS) is 19.1. The van der Waals surface area contributed by atoms with Crippen molar-refractivity contribution in [3.63, 3.8) is 0 Å². The number of ether oxygens (including phenoxy) is 1. The fourth-order valence-electron chi connectivity index (χ4n) is 2.20. The molecule has 1 aliphatic heterocycles. The van der Waals surface area contributed by atoms with Crippen LogP contribution in [0.4, 0.5) is 0 Å². The lowest BCUT2D eigenvalue weighted by Crippen LogP contribution is -2.38. The molecule has 1 fully saturated rings. The highest BCUT2D eigenvalue weighted by Gasteiger charge is 2.20. The largest absolute Gasteiger partial charge is 0.481 e. The lowest BCUT2D eigenvalue weighted by atomic mass is 10.1. The van der Waals surface area contributed by atoms with Crippen LogP contribution in [0.5, 0.6) is 0 Å². The third-order valence-electron chi connectivity index (χ3n) is 3.34. The Bertz CT molecular complexity index is 275. The molecule has 0 aromatic carbocycles. The van der Waals surface area contributed by atoms with Gasteiger partial charge in [0.15, 0.2) is 0 Å². The van der Waals surface area contributed by atoms with E-state index in [1.54, 1.807) is 0 Å². The summed E-state index contributed by atoms with van der Waals surface area (Å²) in [6.45, 7) is 1.39. The summed E-state index contributed by atoms with van der Waals surface area (Å²) in [6.07, 6.45) is 7.69. The average molecular weight is 271 g/mol. The molecule has 1 atom stereocenters. The summed E-state index contributed by atoms with van der Waals surface area (Å²) < 4.78 is 5.40. The number of carbonyl (C=O) groups is 2. The number of carboxylic acids is 1. The molecule has 19 heavy (non-hydrogen) atoms. The molecule has 5 heteroatoms. The monoisotopic (exact) mass is 271 g/mol. The molecule has 0 radical (unpaired) electrons. The molecule has 1 amide bonds. The van der Waals surface area contributed by atoms with Crippen molar-refractivity contribution in [1.29, 1.82) is 0 Å². The van der Waals surface area contributed by atoms with E-state index in [1.165, 1.54) is 0 Å². The van der Waals surface area contributed by atoms with Crippen molar-refractivity contribution in [2.24, 2.45) is 0 Å². The number of aliphatic carboxylic acids is 1. The summed E-state index contributed by atoms with van der Waals surface area (Å²) in [5, 5.41) is 11.4. The fraction of sp³-hybridized carbons (Fsp3) is 0.857. The number of unbranched alkanes of at least 4 members (excludes halogenated alkanes) is 4. The first kappa shape index (κ1) is 16.0. The van der Waals surface area contributed by atoms with E-state index in [0.29, 0.717) is 13.2 Å². The first-order chi connectivity index (χ1) is 9.20. The van der Waals surface area contributed by atoms with Gasteiger partial charge in [0.25, 0.3) is 0 Å². The molecule has 5 nitrogen and oxygen atoms in total. The molecule has 0 aromatic heterocycles. The van der Waals surface area contributed by atoms with E-state index in [-0.39, 0.29) is 18.4 Å². The number of amides is 1. The molecule has 0 spiro atoms. The van der Waals surface area contributed by atoms with E-state index in [4.69, 9.17) is 9.84 Å². The summed E-state index contributed by atoms with van der Waals surface area (Å²) in [6, 6.07) is 0. The minimum absolute atomic E-state index is 0.0191. The summed E-state index contributed by atoms with van der Waals surface area (Å²) in [7, 11) is 0. The number of carboxylic acid groups (broad SMARTS) is 1. The molecule has 2 N–H and O–H groups in total. The zero-order chi connectivity index (χ0) is 13.9. The smallest absolute Gasteiger partial charge is 0.303 e. The van der Waals surface area contributed by atoms with Crippen LogP contribution in [0.2, 0.25) is 0 Å². The Morgan fingerprint density at radius 2 is 1.84 bits per heavy atom. The van der Waals surface area contributed by atoms with Crippen LogP contribution in [0.25, 0.3) is 0 Å². The highest BCUT2D eigenvalue weighted by Crippen LogP contribution is 2.12. The Kier molecular flexibility index (Phi) is 8.21. The third kappa shape index (κ3) is 7.82. The Morgan fingerprint density at radius 3 is 2.53 bits per heavy atom. The lowest BCUT2D eigenvalue weighted by Gasteiger charge is -2.21. The maximum atomic E-state index is 11.7. The van der Waals surface area contributed by atoms with E-state index in [2.05, 4.69) is 5.32 Å². The van der Waals surface area contributed by atoms with Gasteiger partial charge in [0.05, 0.1) is 0 Å². The van der Waals surface area contributed by atoms with Gasteiger partial charge in [-0.15, -0.1) is 0 Å². The van der Waals surface area contributed by atoms with E-state index >= 15 is 0 Å². The second-order valence-electron chi connectivity index (χ2n) is 5.06. The summed E-state index contributed by atoms with van der Waals surface area (Å²) >= 11 is 0. The lowest BCUT2D eigenvalue weighted by molar-refractivity contribution is -0.137. The maximum Gasteiger partial charge on any atom is 0.303 e. The molecule has 0 bridgehead atoms. The molecule has 110 valence electrons. The highest BCUT2D eigenvalue weighted by atomic mass is 16.5. The molecule has 1 heterocycles. The van der Waals surface area contributed by atoms with Crippen molar-refractivity contribution in [2.75, 3.05) is 13.2 Å². The molecular formula is C14H25NO4. The van der Waals surface area contributed by atoms with Crippen LogP contribution in [0.1, 0.15) is 57.8 Å². The second kappa shape index (κ2) is 9.78. The van der Waals surface area contributed by atoms with E-state index in [0.717, 1.165) is 51.4 Å². The maximum absolute atomic E-state index is 11.7. The summed E-state index contributed by atoms with van der Waals surface area (Å²) in [5.41, 5.74) is 0. The third-order valence-corrected chi connectivity index (χ3v) is 3.34. The Balaban J connectivity index is 1.89. The van der Waals surface area contributed by atoms with Crippen LogP contribution in [-0.4, -0.2) is 36.2 Å². The van der Waals surface area contributed by atoms with E-state index in [9.17, 15) is 9.59 Å². The zero-order valence-corrected chi connectivity index (χ0v) is 11.5. The SMILES string of the molecule is O=C(O)CCCCCCCNC(=O)[C@H]1CCCCO1. The molecule has 1 saturated heterocycles. The number of nitrogens with one attached hydrogen (secondary N) is 1. The van der Waals surface area contributed by atoms with Crippen LogP contribution in [-0.2, 0) is 14.3 Å². The number of carbonyl (C=O) groups excluding carboxylic acids is 1. The van der Waals surface area contributed by atoms with Gasteiger partial charge >= 0.3 is 5.97 Å². The quantitative estimate of drug-likeness (QED) is 0.630. The van der Waals surface area contributed by atoms with Gasteiger partial charge in [-0.1, -0.05) is 19.3 Å². The molecular weight excluding hydrogens is 246 g/mol. The molecule has 1 aliphatic rings. The second-order valence-corrected chi connectivity index (χ2v) is 5.06. The van der Waals surface area contributed by atoms with Crippen molar-refractivity contribution in [1.82, 2.24) is 5.32 Å². The standard InChI is InChI=1S/C14H25NO4/c16-13(17)9-4-2-1-3-6-10-15-14(18)12-8-5-7-11-19-12/h12H,1-11H2,(H,15,18)(H,16,17)/t12-/m1/s1. The topological polar surface area (TPSA) is 75.6 Å². The molecule has 0 aromatic rings. The van der Waals surface area contributed by atoms with Crippen LogP contribution >= 0.6 is 0 Å². The van der Waals surface area contributed by atoms with Crippen molar-refractivity contribution in [3.05, 3.63) is 0 Å². The minimum atomic E-state index is -0.722. The first-order valence-corrected chi connectivity index (χ1v) is 7.31. The average Bonchev–Trinajstić information content (AvgIpc) is 2.42. The molecule has 0 unspecified atom stereocenters. The van der Waals surface area contributed by atoms with Crippen LogP contribution < -0.4 is 5.32 Å². The predicted molar refractivity (Wildman–Crippen MR) is 71.9 cm³/mol. The van der Waals surface area contributed by atoms with Crippen molar-refractivity contribution < 1.29 is 19.4 Å². The minimum Gasteiger partial charge on any atom is -0.481 e. The van der Waals surface area contributed by atoms with Gasteiger partial charge in [0.1, 0.15) is 6.10 Å². The van der Waals surface area contributed by atoms with Gasteiger partial charge in [-0.2, -0.15) is 0 Å². The van der Waals surface area contributed by atoms with Crippen molar-refractivity contribution >= 4 is 11.9 Å². The van der Waals surface area contributed by atoms with Crippen LogP contribution in [0.15, 0.2) is 0 Å². The van der Waals surface area contributed by atoms with E-state index in [1.807, 2.05) is 0 Å². The van der Waals surface area contributed by atoms with Crippen molar-refractivity contribution in [3.8, 4) is 0 Å². The van der Waals surface area contributed by atoms with Gasteiger partial charge < -0.3 is 15.2 Å². The van der Waals surface area contributed by atoms with Crippen LogP contribution in [0, 0.1) is 0 Å². The van der Waals surface area contributed by atoms with Gasteiger partial charge in [-0.05, 0) is 32.1 Å². The Labute approximate surface area is 114 Å². The summed E-state index contributed by atoms with van der Waals surface area (Å²) in [4.78, 5) is 22.0. The van der Waals surface area contributed by atoms with E-state index < -0.39 is 5.97 Å². The van der Waals surface area contributed by atoms with Gasteiger partial charge in [-0.3, -0.25) is 9.59 Å². The molecule has 0 saturated carbocycles. The van der Waals surface area contributed by atoms with Gasteiger partial charge in [0, 0.05) is 19.6 Å². The molecule has 0 aliphatic carbocycles. The highest BCUT2D eigenvalue weighted by molar-refractivity contribution is 5.80. The van der Waals surface area contributed by atoms with Crippen molar-refractivity contribution in [2.45, 2.75) is 63.9 Å². The predicted octanol–water partition coefficient (Wildman–Crippen LogP) is 2.10. The Hall–Kier alpha value is -1.10. The van der Waals surface area contributed by atoms with Crippen LogP contribution in [0.3, 0.4) is 0 Å². The number of hydrogen-bond acceptors (Lipinski definition) is 3. The number of rotatable bonds is 9.